The van der Waals surface area contributed by atoms with Crippen molar-refractivity contribution < 1.29 is 4.74 Å². The minimum Gasteiger partial charge on any atom is -0.496 e. The molecular formula is C18H23NO. The zero-order valence-electron chi connectivity index (χ0n) is 12.5. The first-order valence-electron chi connectivity index (χ1n) is 7.04. The van der Waals surface area contributed by atoms with Gasteiger partial charge in [-0.2, -0.15) is 0 Å². The van der Waals surface area contributed by atoms with Gasteiger partial charge in [-0.15, -0.1) is 0 Å². The molecular weight excluding hydrogens is 246 g/mol. The van der Waals surface area contributed by atoms with Gasteiger partial charge in [0, 0.05) is 5.92 Å². The summed E-state index contributed by atoms with van der Waals surface area (Å²) in [5.41, 5.74) is 11.1. The van der Waals surface area contributed by atoms with Gasteiger partial charge in [-0.1, -0.05) is 42.0 Å². The smallest absolute Gasteiger partial charge is 0.121 e. The predicted molar refractivity (Wildman–Crippen MR) is 84.4 cm³/mol. The Bertz CT molecular complexity index is 577. The van der Waals surface area contributed by atoms with Crippen molar-refractivity contribution in [1.29, 1.82) is 0 Å². The fourth-order valence-corrected chi connectivity index (χ4v) is 2.62. The van der Waals surface area contributed by atoms with Crippen LogP contribution >= 0.6 is 0 Å². The first-order valence-corrected chi connectivity index (χ1v) is 7.04. The summed E-state index contributed by atoms with van der Waals surface area (Å²) < 4.78 is 5.32. The van der Waals surface area contributed by atoms with Gasteiger partial charge in [-0.05, 0) is 49.6 Å². The Balaban J connectivity index is 2.22. The Hall–Kier alpha value is -1.80. The quantitative estimate of drug-likeness (QED) is 0.900. The van der Waals surface area contributed by atoms with Crippen molar-refractivity contribution in [3.8, 4) is 5.75 Å². The van der Waals surface area contributed by atoms with E-state index in [0.29, 0.717) is 12.5 Å². The van der Waals surface area contributed by atoms with Crippen molar-refractivity contribution in [2.75, 3.05) is 13.7 Å². The molecule has 0 aliphatic carbocycles. The van der Waals surface area contributed by atoms with Crippen molar-refractivity contribution in [3.63, 3.8) is 0 Å². The number of aryl methyl sites for hydroxylation is 2. The number of hydrogen-bond acceptors (Lipinski definition) is 2. The predicted octanol–water partition coefficient (Wildman–Crippen LogP) is 3.60. The number of methoxy groups -OCH3 is 1. The molecule has 0 saturated carbocycles. The van der Waals surface area contributed by atoms with E-state index in [0.717, 1.165) is 17.7 Å². The Labute approximate surface area is 121 Å². The third-order valence-electron chi connectivity index (χ3n) is 3.74. The van der Waals surface area contributed by atoms with Crippen LogP contribution in [-0.2, 0) is 6.42 Å². The second-order valence-electron chi connectivity index (χ2n) is 5.35. The zero-order valence-corrected chi connectivity index (χ0v) is 12.5. The molecule has 2 aromatic rings. The second-order valence-corrected chi connectivity index (χ2v) is 5.35. The highest BCUT2D eigenvalue weighted by atomic mass is 16.5. The fourth-order valence-electron chi connectivity index (χ4n) is 2.62. The van der Waals surface area contributed by atoms with Gasteiger partial charge in [0.05, 0.1) is 7.11 Å². The van der Waals surface area contributed by atoms with E-state index in [9.17, 15) is 0 Å². The molecule has 0 radical (unpaired) electrons. The van der Waals surface area contributed by atoms with Gasteiger partial charge in [-0.25, -0.2) is 0 Å². The molecule has 0 amide bonds. The molecule has 1 unspecified atom stereocenters. The molecule has 0 aliphatic heterocycles. The summed E-state index contributed by atoms with van der Waals surface area (Å²) in [6.45, 7) is 4.85. The summed E-state index contributed by atoms with van der Waals surface area (Å²) >= 11 is 0. The standard InChI is InChI=1S/C18H23NO/c1-13-5-4-6-15(9-13)11-17(12-19)16-7-8-18(20-3)14(2)10-16/h4-10,17H,11-12,19H2,1-3H3. The van der Waals surface area contributed by atoms with Crippen LogP contribution in [0.5, 0.6) is 5.75 Å². The number of benzene rings is 2. The summed E-state index contributed by atoms with van der Waals surface area (Å²) in [7, 11) is 1.70. The lowest BCUT2D eigenvalue weighted by Crippen LogP contribution is -2.15. The van der Waals surface area contributed by atoms with Crippen molar-refractivity contribution in [1.82, 2.24) is 0 Å². The normalized spacial score (nSPS) is 12.2. The maximum Gasteiger partial charge on any atom is 0.121 e. The van der Waals surface area contributed by atoms with Gasteiger partial charge in [0.15, 0.2) is 0 Å². The highest BCUT2D eigenvalue weighted by Crippen LogP contribution is 2.26. The lowest BCUT2D eigenvalue weighted by Gasteiger charge is -2.17. The van der Waals surface area contributed by atoms with E-state index in [-0.39, 0.29) is 0 Å². The lowest BCUT2D eigenvalue weighted by atomic mass is 9.90. The van der Waals surface area contributed by atoms with Crippen molar-refractivity contribution in [2.24, 2.45) is 5.73 Å². The molecule has 0 bridgehead atoms. The largest absolute Gasteiger partial charge is 0.496 e. The molecule has 0 aromatic heterocycles. The van der Waals surface area contributed by atoms with Crippen LogP contribution in [-0.4, -0.2) is 13.7 Å². The van der Waals surface area contributed by atoms with Gasteiger partial charge in [0.2, 0.25) is 0 Å². The monoisotopic (exact) mass is 269 g/mol. The molecule has 2 rings (SSSR count). The Morgan fingerprint density at radius 2 is 1.90 bits per heavy atom. The van der Waals surface area contributed by atoms with Crippen LogP contribution in [0.2, 0.25) is 0 Å². The van der Waals surface area contributed by atoms with E-state index in [2.05, 4.69) is 50.2 Å². The van der Waals surface area contributed by atoms with Gasteiger partial charge in [0.1, 0.15) is 5.75 Å². The molecule has 0 saturated heterocycles. The SMILES string of the molecule is COc1ccc(C(CN)Cc2cccc(C)c2)cc1C. The minimum atomic E-state index is 0.349. The van der Waals surface area contributed by atoms with Crippen LogP contribution in [0.3, 0.4) is 0 Å². The van der Waals surface area contributed by atoms with Gasteiger partial charge < -0.3 is 10.5 Å². The minimum absolute atomic E-state index is 0.349. The Kier molecular flexibility index (Phi) is 4.80. The van der Waals surface area contributed by atoms with Crippen LogP contribution in [0, 0.1) is 13.8 Å². The van der Waals surface area contributed by atoms with Crippen LogP contribution in [0.4, 0.5) is 0 Å². The summed E-state index contributed by atoms with van der Waals surface area (Å²) in [6.07, 6.45) is 0.976. The fraction of sp³-hybridized carbons (Fsp3) is 0.333. The van der Waals surface area contributed by atoms with Crippen LogP contribution < -0.4 is 10.5 Å². The van der Waals surface area contributed by atoms with Gasteiger partial charge in [0.25, 0.3) is 0 Å². The highest BCUT2D eigenvalue weighted by Gasteiger charge is 2.12. The number of ether oxygens (including phenoxy) is 1. The highest BCUT2D eigenvalue weighted by molar-refractivity contribution is 5.38. The number of nitrogens with two attached hydrogens (primary N) is 1. The van der Waals surface area contributed by atoms with Crippen LogP contribution in [0.25, 0.3) is 0 Å². The molecule has 106 valence electrons. The third kappa shape index (κ3) is 3.40. The van der Waals surface area contributed by atoms with E-state index in [4.69, 9.17) is 10.5 Å². The molecule has 2 aromatic carbocycles. The molecule has 1 atom stereocenters. The summed E-state index contributed by atoms with van der Waals surface area (Å²) in [5, 5.41) is 0. The topological polar surface area (TPSA) is 35.2 Å². The molecule has 0 aliphatic rings. The summed E-state index contributed by atoms with van der Waals surface area (Å²) in [5.74, 6) is 1.28. The molecule has 2 heteroatoms. The summed E-state index contributed by atoms with van der Waals surface area (Å²) in [6, 6.07) is 15.0. The molecule has 0 spiro atoms. The van der Waals surface area contributed by atoms with E-state index >= 15 is 0 Å². The van der Waals surface area contributed by atoms with Crippen molar-refractivity contribution in [3.05, 3.63) is 64.7 Å². The van der Waals surface area contributed by atoms with Gasteiger partial charge in [-0.3, -0.25) is 0 Å². The Morgan fingerprint density at radius 3 is 2.50 bits per heavy atom. The molecule has 0 heterocycles. The van der Waals surface area contributed by atoms with Gasteiger partial charge >= 0.3 is 0 Å². The molecule has 2 N–H and O–H groups in total. The summed E-state index contributed by atoms with van der Waals surface area (Å²) in [4.78, 5) is 0. The van der Waals surface area contributed by atoms with E-state index in [1.807, 2.05) is 6.07 Å². The maximum atomic E-state index is 5.98. The van der Waals surface area contributed by atoms with E-state index in [1.54, 1.807) is 7.11 Å². The number of rotatable bonds is 5. The molecule has 20 heavy (non-hydrogen) atoms. The zero-order chi connectivity index (χ0) is 14.5. The van der Waals surface area contributed by atoms with Crippen LogP contribution in [0.15, 0.2) is 42.5 Å². The molecule has 2 nitrogen and oxygen atoms in total. The van der Waals surface area contributed by atoms with E-state index in [1.165, 1.54) is 16.7 Å². The third-order valence-corrected chi connectivity index (χ3v) is 3.74. The van der Waals surface area contributed by atoms with Crippen molar-refractivity contribution >= 4 is 0 Å². The van der Waals surface area contributed by atoms with E-state index < -0.39 is 0 Å². The van der Waals surface area contributed by atoms with Crippen LogP contribution in [0.1, 0.15) is 28.2 Å². The average molecular weight is 269 g/mol. The van der Waals surface area contributed by atoms with Crippen molar-refractivity contribution in [2.45, 2.75) is 26.2 Å². The number of hydrogen-bond donors (Lipinski definition) is 1. The lowest BCUT2D eigenvalue weighted by molar-refractivity contribution is 0.411. The first-order chi connectivity index (χ1) is 9.63. The molecule has 0 fully saturated rings. The first kappa shape index (κ1) is 14.6. The Morgan fingerprint density at radius 1 is 1.10 bits per heavy atom. The average Bonchev–Trinajstić information content (AvgIpc) is 2.44. The second kappa shape index (κ2) is 6.58. The maximum absolute atomic E-state index is 5.98.